The smallest absolute Gasteiger partial charge is 0.265 e. The van der Waals surface area contributed by atoms with Crippen molar-refractivity contribution in [1.82, 2.24) is 0 Å². The van der Waals surface area contributed by atoms with Crippen LogP contribution in [-0.2, 0) is 14.8 Å². The Morgan fingerprint density at radius 1 is 1.08 bits per heavy atom. The highest BCUT2D eigenvalue weighted by atomic mass is 32.2. The standard InChI is InChI=1S/C17H18N2O6S/c1-10-17(20)18-13-8-11(4-6-14(13)25-10)19-26(21,22)12-5-7-15(23-2)16(9-12)24-3/h4-10,19H,1-3H3,(H,18,20)/t10-/m1/s1. The number of hydrogen-bond donors (Lipinski definition) is 2. The van der Waals surface area contributed by atoms with Crippen LogP contribution in [0.25, 0.3) is 0 Å². The number of carbonyl (C=O) groups excluding carboxylic acids is 1. The van der Waals surface area contributed by atoms with Gasteiger partial charge in [0, 0.05) is 6.07 Å². The summed E-state index contributed by atoms with van der Waals surface area (Å²) in [6.45, 7) is 1.63. The van der Waals surface area contributed by atoms with Crippen molar-refractivity contribution in [2.24, 2.45) is 0 Å². The van der Waals surface area contributed by atoms with E-state index in [-0.39, 0.29) is 16.5 Å². The summed E-state index contributed by atoms with van der Waals surface area (Å²) in [5, 5.41) is 2.67. The Kier molecular flexibility index (Phi) is 4.64. The lowest BCUT2D eigenvalue weighted by Gasteiger charge is -2.23. The van der Waals surface area contributed by atoms with E-state index < -0.39 is 16.1 Å². The number of ether oxygens (including phenoxy) is 3. The van der Waals surface area contributed by atoms with Crippen LogP contribution in [0.15, 0.2) is 41.3 Å². The van der Waals surface area contributed by atoms with Crippen molar-refractivity contribution >= 4 is 27.3 Å². The van der Waals surface area contributed by atoms with Gasteiger partial charge in [0.15, 0.2) is 17.6 Å². The van der Waals surface area contributed by atoms with Gasteiger partial charge < -0.3 is 19.5 Å². The van der Waals surface area contributed by atoms with Crippen molar-refractivity contribution in [2.45, 2.75) is 17.9 Å². The van der Waals surface area contributed by atoms with Crippen LogP contribution in [-0.4, -0.2) is 34.6 Å². The van der Waals surface area contributed by atoms with Crippen LogP contribution in [0.2, 0.25) is 0 Å². The molecule has 8 nitrogen and oxygen atoms in total. The SMILES string of the molecule is COc1ccc(S(=O)(=O)Nc2ccc3c(c2)NC(=O)[C@@H](C)O3)cc1OC. The van der Waals surface area contributed by atoms with Crippen LogP contribution in [0.1, 0.15) is 6.92 Å². The molecule has 0 radical (unpaired) electrons. The zero-order valence-corrected chi connectivity index (χ0v) is 15.2. The van der Waals surface area contributed by atoms with E-state index in [2.05, 4.69) is 10.0 Å². The van der Waals surface area contributed by atoms with Crippen LogP contribution in [0.3, 0.4) is 0 Å². The molecule has 3 rings (SSSR count). The van der Waals surface area contributed by atoms with Gasteiger partial charge in [0.2, 0.25) is 0 Å². The van der Waals surface area contributed by atoms with Crippen molar-refractivity contribution in [3.63, 3.8) is 0 Å². The van der Waals surface area contributed by atoms with E-state index >= 15 is 0 Å². The molecule has 0 spiro atoms. The molecule has 1 heterocycles. The molecule has 1 aliphatic rings. The van der Waals surface area contributed by atoms with Gasteiger partial charge >= 0.3 is 0 Å². The number of anilines is 2. The first kappa shape index (κ1) is 17.9. The van der Waals surface area contributed by atoms with Crippen LogP contribution in [0.4, 0.5) is 11.4 Å². The first-order valence-electron chi connectivity index (χ1n) is 7.70. The minimum absolute atomic E-state index is 0.0155. The number of amides is 1. The first-order chi connectivity index (χ1) is 12.3. The third-order valence-electron chi connectivity index (χ3n) is 3.83. The fourth-order valence-corrected chi connectivity index (χ4v) is 3.53. The number of hydrogen-bond acceptors (Lipinski definition) is 6. The van der Waals surface area contributed by atoms with Gasteiger partial charge in [-0.2, -0.15) is 0 Å². The molecule has 0 unspecified atom stereocenters. The third kappa shape index (κ3) is 3.38. The number of benzene rings is 2. The van der Waals surface area contributed by atoms with E-state index in [1.54, 1.807) is 19.1 Å². The second-order valence-electron chi connectivity index (χ2n) is 5.58. The van der Waals surface area contributed by atoms with Gasteiger partial charge in [-0.25, -0.2) is 8.42 Å². The fourth-order valence-electron chi connectivity index (χ4n) is 2.47. The maximum Gasteiger partial charge on any atom is 0.265 e. The van der Waals surface area contributed by atoms with E-state index in [0.29, 0.717) is 22.9 Å². The number of carbonyl (C=O) groups is 1. The van der Waals surface area contributed by atoms with Crippen molar-refractivity contribution in [3.8, 4) is 17.2 Å². The molecule has 26 heavy (non-hydrogen) atoms. The van der Waals surface area contributed by atoms with Crippen LogP contribution in [0.5, 0.6) is 17.2 Å². The van der Waals surface area contributed by atoms with Gasteiger partial charge in [0.05, 0.1) is 30.5 Å². The van der Waals surface area contributed by atoms with Crippen molar-refractivity contribution in [1.29, 1.82) is 0 Å². The highest BCUT2D eigenvalue weighted by Crippen LogP contribution is 2.34. The van der Waals surface area contributed by atoms with Gasteiger partial charge in [-0.15, -0.1) is 0 Å². The first-order valence-corrected chi connectivity index (χ1v) is 9.19. The van der Waals surface area contributed by atoms with Crippen molar-refractivity contribution in [2.75, 3.05) is 24.3 Å². The van der Waals surface area contributed by atoms with Gasteiger partial charge in [0.25, 0.3) is 15.9 Å². The normalized spacial score (nSPS) is 16.1. The molecule has 0 fully saturated rings. The van der Waals surface area contributed by atoms with E-state index in [9.17, 15) is 13.2 Å². The summed E-state index contributed by atoms with van der Waals surface area (Å²) in [6.07, 6.45) is -0.600. The zero-order chi connectivity index (χ0) is 18.9. The number of methoxy groups -OCH3 is 2. The molecule has 0 bridgehead atoms. The average Bonchev–Trinajstić information content (AvgIpc) is 2.62. The Hall–Kier alpha value is -2.94. The quantitative estimate of drug-likeness (QED) is 0.827. The van der Waals surface area contributed by atoms with E-state index in [1.165, 1.54) is 38.5 Å². The molecule has 2 N–H and O–H groups in total. The lowest BCUT2D eigenvalue weighted by atomic mass is 10.2. The molecule has 2 aromatic rings. The predicted octanol–water partition coefficient (Wildman–Crippen LogP) is 2.22. The molecule has 0 saturated carbocycles. The molecule has 1 aliphatic heterocycles. The second kappa shape index (κ2) is 6.75. The zero-order valence-electron chi connectivity index (χ0n) is 14.4. The lowest BCUT2D eigenvalue weighted by molar-refractivity contribution is -0.122. The molecule has 9 heteroatoms. The van der Waals surface area contributed by atoms with Crippen molar-refractivity contribution in [3.05, 3.63) is 36.4 Å². The summed E-state index contributed by atoms with van der Waals surface area (Å²) in [5.41, 5.74) is 0.692. The molecule has 138 valence electrons. The summed E-state index contributed by atoms with van der Waals surface area (Å²) in [6, 6.07) is 8.94. The molecule has 1 amide bonds. The number of fused-ring (bicyclic) bond motifs is 1. The fraction of sp³-hybridized carbons (Fsp3) is 0.235. The molecule has 0 saturated heterocycles. The van der Waals surface area contributed by atoms with Gasteiger partial charge in [-0.1, -0.05) is 0 Å². The lowest BCUT2D eigenvalue weighted by Crippen LogP contribution is -2.34. The number of sulfonamides is 1. The van der Waals surface area contributed by atoms with Gasteiger partial charge in [0.1, 0.15) is 5.75 Å². The molecule has 0 aliphatic carbocycles. The molecule has 0 aromatic heterocycles. The van der Waals surface area contributed by atoms with E-state index in [1.807, 2.05) is 0 Å². The maximum atomic E-state index is 12.6. The Bertz CT molecular complexity index is 958. The third-order valence-corrected chi connectivity index (χ3v) is 5.21. The van der Waals surface area contributed by atoms with E-state index in [0.717, 1.165) is 0 Å². The highest BCUT2D eigenvalue weighted by molar-refractivity contribution is 7.92. The minimum atomic E-state index is -3.86. The summed E-state index contributed by atoms with van der Waals surface area (Å²) in [7, 11) is -0.969. The van der Waals surface area contributed by atoms with Crippen LogP contribution >= 0.6 is 0 Å². The topological polar surface area (TPSA) is 103 Å². The van der Waals surface area contributed by atoms with Crippen LogP contribution in [0, 0.1) is 0 Å². The molecular formula is C17H18N2O6S. The Balaban J connectivity index is 1.89. The predicted molar refractivity (Wildman–Crippen MR) is 95.5 cm³/mol. The number of rotatable bonds is 5. The maximum absolute atomic E-state index is 12.6. The van der Waals surface area contributed by atoms with Crippen LogP contribution < -0.4 is 24.2 Å². The molecule has 1 atom stereocenters. The molecular weight excluding hydrogens is 360 g/mol. The highest BCUT2D eigenvalue weighted by Gasteiger charge is 2.24. The summed E-state index contributed by atoms with van der Waals surface area (Å²) in [5.74, 6) is 0.910. The Morgan fingerprint density at radius 3 is 2.50 bits per heavy atom. The van der Waals surface area contributed by atoms with E-state index in [4.69, 9.17) is 14.2 Å². The van der Waals surface area contributed by atoms with Crippen molar-refractivity contribution < 1.29 is 27.4 Å². The Morgan fingerprint density at radius 2 is 1.81 bits per heavy atom. The second-order valence-corrected chi connectivity index (χ2v) is 7.26. The average molecular weight is 378 g/mol. The Labute approximate surface area is 151 Å². The molecule has 2 aromatic carbocycles. The largest absolute Gasteiger partial charge is 0.493 e. The van der Waals surface area contributed by atoms with Gasteiger partial charge in [-0.3, -0.25) is 9.52 Å². The number of nitrogens with one attached hydrogen (secondary N) is 2. The minimum Gasteiger partial charge on any atom is -0.493 e. The van der Waals surface area contributed by atoms with Gasteiger partial charge in [-0.05, 0) is 37.3 Å². The summed E-state index contributed by atoms with van der Waals surface area (Å²) < 4.78 is 43.4. The monoisotopic (exact) mass is 378 g/mol. The summed E-state index contributed by atoms with van der Waals surface area (Å²) >= 11 is 0. The summed E-state index contributed by atoms with van der Waals surface area (Å²) in [4.78, 5) is 11.7.